The number of carbonyl (C=O) groups excluding carboxylic acids is 2. The maximum absolute atomic E-state index is 13.0. The summed E-state index contributed by atoms with van der Waals surface area (Å²) in [5, 5.41) is 5.92. The van der Waals surface area contributed by atoms with Crippen molar-refractivity contribution in [2.24, 2.45) is 5.41 Å². The molecule has 0 aromatic heterocycles. The van der Waals surface area contributed by atoms with E-state index < -0.39 is 11.3 Å². The highest BCUT2D eigenvalue weighted by molar-refractivity contribution is 6.34. The van der Waals surface area contributed by atoms with Gasteiger partial charge in [-0.15, -0.1) is 0 Å². The van der Waals surface area contributed by atoms with Crippen LogP contribution in [0.1, 0.15) is 24.0 Å². The topological polar surface area (TPSA) is 58.2 Å². The van der Waals surface area contributed by atoms with Crippen molar-refractivity contribution in [1.82, 2.24) is 0 Å². The number of anilines is 2. The second-order valence-corrected chi connectivity index (χ2v) is 6.84. The van der Waals surface area contributed by atoms with Gasteiger partial charge in [0.2, 0.25) is 11.8 Å². The van der Waals surface area contributed by atoms with E-state index in [4.69, 9.17) is 11.6 Å². The van der Waals surface area contributed by atoms with E-state index in [9.17, 15) is 14.0 Å². The van der Waals surface area contributed by atoms with Gasteiger partial charge in [-0.3, -0.25) is 9.59 Å². The lowest BCUT2D eigenvalue weighted by Gasteiger charge is -2.17. The SMILES string of the molecule is Cc1cc(C)c(NC(=O)C2(C(=O)Nc3ccc(F)cc3)CC2)c(Cl)c1. The summed E-state index contributed by atoms with van der Waals surface area (Å²) in [6, 6.07) is 9.11. The fourth-order valence-electron chi connectivity index (χ4n) is 2.77. The molecule has 1 saturated carbocycles. The lowest BCUT2D eigenvalue weighted by atomic mass is 10.0. The minimum absolute atomic E-state index is 0.374. The van der Waals surface area contributed by atoms with Gasteiger partial charge in [-0.05, 0) is 68.1 Å². The molecule has 1 aliphatic carbocycles. The van der Waals surface area contributed by atoms with E-state index in [1.54, 1.807) is 6.07 Å². The minimum Gasteiger partial charge on any atom is -0.325 e. The number of hydrogen-bond acceptors (Lipinski definition) is 2. The maximum atomic E-state index is 13.0. The third kappa shape index (κ3) is 3.51. The Morgan fingerprint density at radius 1 is 1.04 bits per heavy atom. The largest absolute Gasteiger partial charge is 0.325 e. The van der Waals surface area contributed by atoms with Crippen molar-refractivity contribution in [1.29, 1.82) is 0 Å². The van der Waals surface area contributed by atoms with Crippen LogP contribution in [-0.2, 0) is 9.59 Å². The zero-order valence-electron chi connectivity index (χ0n) is 14.0. The molecular formula is C19H18ClFN2O2. The van der Waals surface area contributed by atoms with Crippen LogP contribution in [0.4, 0.5) is 15.8 Å². The van der Waals surface area contributed by atoms with Crippen molar-refractivity contribution >= 4 is 34.8 Å². The molecule has 2 aromatic carbocycles. The van der Waals surface area contributed by atoms with E-state index in [0.717, 1.165) is 11.1 Å². The smallest absolute Gasteiger partial charge is 0.240 e. The van der Waals surface area contributed by atoms with Crippen molar-refractivity contribution in [2.75, 3.05) is 10.6 Å². The van der Waals surface area contributed by atoms with Crippen molar-refractivity contribution in [3.63, 3.8) is 0 Å². The average Bonchev–Trinajstić information content (AvgIpc) is 3.34. The van der Waals surface area contributed by atoms with Gasteiger partial charge in [0, 0.05) is 5.69 Å². The molecule has 2 amide bonds. The fraction of sp³-hybridized carbons (Fsp3) is 0.263. The summed E-state index contributed by atoms with van der Waals surface area (Å²) in [5.41, 5.74) is 1.71. The van der Waals surface area contributed by atoms with Crippen molar-refractivity contribution in [3.05, 3.63) is 58.4 Å². The average molecular weight is 361 g/mol. The van der Waals surface area contributed by atoms with E-state index >= 15 is 0 Å². The van der Waals surface area contributed by atoms with Crippen LogP contribution in [0, 0.1) is 25.1 Å². The quantitative estimate of drug-likeness (QED) is 0.791. The van der Waals surface area contributed by atoms with Crippen LogP contribution < -0.4 is 10.6 Å². The van der Waals surface area contributed by atoms with Crippen LogP contribution >= 0.6 is 11.6 Å². The summed E-state index contributed by atoms with van der Waals surface area (Å²) in [6.45, 7) is 3.77. The first-order valence-corrected chi connectivity index (χ1v) is 8.35. The third-order valence-corrected chi connectivity index (χ3v) is 4.69. The molecule has 0 heterocycles. The number of aryl methyl sites for hydroxylation is 2. The Morgan fingerprint density at radius 3 is 2.20 bits per heavy atom. The first kappa shape index (κ1) is 17.4. The van der Waals surface area contributed by atoms with Gasteiger partial charge in [-0.1, -0.05) is 17.7 Å². The summed E-state index contributed by atoms with van der Waals surface area (Å²) in [7, 11) is 0. The van der Waals surface area contributed by atoms with Crippen molar-refractivity contribution in [2.45, 2.75) is 26.7 Å². The van der Waals surface area contributed by atoms with Crippen LogP contribution in [0.15, 0.2) is 36.4 Å². The second kappa shape index (κ2) is 6.48. The van der Waals surface area contributed by atoms with Gasteiger partial charge in [0.05, 0.1) is 10.7 Å². The highest BCUT2D eigenvalue weighted by Crippen LogP contribution is 2.48. The van der Waals surface area contributed by atoms with Crippen molar-refractivity contribution in [3.8, 4) is 0 Å². The molecule has 0 spiro atoms. The van der Waals surface area contributed by atoms with E-state index in [-0.39, 0.29) is 11.7 Å². The Labute approximate surface area is 150 Å². The number of amides is 2. The zero-order valence-corrected chi connectivity index (χ0v) is 14.7. The van der Waals surface area contributed by atoms with Crippen LogP contribution in [-0.4, -0.2) is 11.8 Å². The number of halogens is 2. The lowest BCUT2D eigenvalue weighted by molar-refractivity contribution is -0.131. The molecule has 2 N–H and O–H groups in total. The molecule has 0 radical (unpaired) electrons. The summed E-state index contributed by atoms with van der Waals surface area (Å²) >= 11 is 6.22. The fourth-order valence-corrected chi connectivity index (χ4v) is 3.14. The number of benzene rings is 2. The Morgan fingerprint density at radius 2 is 1.64 bits per heavy atom. The Bertz CT molecular complexity index is 822. The van der Waals surface area contributed by atoms with Crippen LogP contribution in [0.3, 0.4) is 0 Å². The molecule has 0 aliphatic heterocycles. The summed E-state index contributed by atoms with van der Waals surface area (Å²) < 4.78 is 13.0. The first-order chi connectivity index (χ1) is 11.8. The third-order valence-electron chi connectivity index (χ3n) is 4.39. The standard InChI is InChI=1S/C19H18ClFN2O2/c1-11-9-12(2)16(15(20)10-11)23-18(25)19(7-8-19)17(24)22-14-5-3-13(21)4-6-14/h3-6,9-10H,7-8H2,1-2H3,(H,22,24)(H,23,25). The van der Waals surface area contributed by atoms with Gasteiger partial charge in [0.25, 0.3) is 0 Å². The summed E-state index contributed by atoms with van der Waals surface area (Å²) in [6.07, 6.45) is 0.933. The van der Waals surface area contributed by atoms with E-state index in [0.29, 0.717) is 29.2 Å². The molecule has 0 saturated heterocycles. The molecule has 4 nitrogen and oxygen atoms in total. The normalized spacial score (nSPS) is 14.7. The Hall–Kier alpha value is -2.40. The Kier molecular flexibility index (Phi) is 4.52. The van der Waals surface area contributed by atoms with Crippen LogP contribution in [0.25, 0.3) is 0 Å². The van der Waals surface area contributed by atoms with Gasteiger partial charge < -0.3 is 10.6 Å². The first-order valence-electron chi connectivity index (χ1n) is 7.97. The predicted molar refractivity (Wildman–Crippen MR) is 96.3 cm³/mol. The number of rotatable bonds is 4. The predicted octanol–water partition coefficient (Wildman–Crippen LogP) is 4.45. The van der Waals surface area contributed by atoms with Gasteiger partial charge >= 0.3 is 0 Å². The molecule has 0 unspecified atom stereocenters. The molecule has 130 valence electrons. The number of carbonyl (C=O) groups is 2. The highest BCUT2D eigenvalue weighted by Gasteiger charge is 2.56. The lowest BCUT2D eigenvalue weighted by Crippen LogP contribution is -2.35. The van der Waals surface area contributed by atoms with Gasteiger partial charge in [0.1, 0.15) is 11.2 Å². The second-order valence-electron chi connectivity index (χ2n) is 6.44. The molecule has 2 aromatic rings. The van der Waals surface area contributed by atoms with E-state index in [1.807, 2.05) is 19.9 Å². The molecule has 1 aliphatic rings. The van der Waals surface area contributed by atoms with Gasteiger partial charge in [-0.2, -0.15) is 0 Å². The molecule has 0 atom stereocenters. The van der Waals surface area contributed by atoms with E-state index in [1.165, 1.54) is 24.3 Å². The van der Waals surface area contributed by atoms with Gasteiger partial charge in [0.15, 0.2) is 0 Å². The van der Waals surface area contributed by atoms with Gasteiger partial charge in [-0.25, -0.2) is 4.39 Å². The maximum Gasteiger partial charge on any atom is 0.240 e. The zero-order chi connectivity index (χ0) is 18.2. The molecule has 25 heavy (non-hydrogen) atoms. The molecular weight excluding hydrogens is 343 g/mol. The molecule has 3 rings (SSSR count). The summed E-state index contributed by atoms with van der Waals surface area (Å²) in [5.74, 6) is -1.15. The van der Waals surface area contributed by atoms with Crippen LogP contribution in [0.2, 0.25) is 5.02 Å². The minimum atomic E-state index is -1.10. The number of nitrogens with one attached hydrogen (secondary N) is 2. The molecule has 1 fully saturated rings. The van der Waals surface area contributed by atoms with E-state index in [2.05, 4.69) is 10.6 Å². The Balaban J connectivity index is 1.75. The molecule has 0 bridgehead atoms. The van der Waals surface area contributed by atoms with Crippen LogP contribution in [0.5, 0.6) is 0 Å². The van der Waals surface area contributed by atoms with Crippen molar-refractivity contribution < 1.29 is 14.0 Å². The highest BCUT2D eigenvalue weighted by atomic mass is 35.5. The summed E-state index contributed by atoms with van der Waals surface area (Å²) in [4.78, 5) is 25.2. The molecule has 6 heteroatoms. The number of hydrogen-bond donors (Lipinski definition) is 2. The monoisotopic (exact) mass is 360 g/mol.